The number of hydrazone groups is 1. The largest absolute Gasteiger partial charge is 0.461 e. The first-order valence-electron chi connectivity index (χ1n) is 6.02. The second kappa shape index (κ2) is 5.62. The summed E-state index contributed by atoms with van der Waals surface area (Å²) in [6.45, 7) is 2.40. The summed E-state index contributed by atoms with van der Waals surface area (Å²) in [6, 6.07) is 7.14. The zero-order chi connectivity index (χ0) is 13.8. The number of ether oxygens (including phenoxy) is 1. The molecule has 1 aromatic carbocycles. The first-order valence-corrected chi connectivity index (χ1v) is 6.02. The molecule has 100 valence electrons. The molecule has 1 amide bonds. The highest BCUT2D eigenvalue weighted by molar-refractivity contribution is 6.42. The molecule has 2 rings (SSSR count). The summed E-state index contributed by atoms with van der Waals surface area (Å²) in [5, 5.41) is 5.22. The van der Waals surface area contributed by atoms with Crippen LogP contribution < -0.4 is 10.7 Å². The van der Waals surface area contributed by atoms with Gasteiger partial charge in [-0.1, -0.05) is 12.1 Å². The fraction of sp³-hybridized carbons (Fsp3) is 0.308. The molecule has 0 spiro atoms. The normalized spacial score (nSPS) is 14.5. The molecule has 0 aromatic heterocycles. The Morgan fingerprint density at radius 3 is 2.68 bits per heavy atom. The molecule has 6 heteroatoms. The van der Waals surface area contributed by atoms with E-state index in [0.29, 0.717) is 12.2 Å². The number of nitrogens with two attached hydrogens (primary N) is 1. The summed E-state index contributed by atoms with van der Waals surface area (Å²) < 4.78 is 4.83. The summed E-state index contributed by atoms with van der Waals surface area (Å²) in [7, 11) is 0. The Hall–Kier alpha value is -2.21. The van der Waals surface area contributed by atoms with Crippen LogP contribution in [-0.2, 0) is 20.9 Å². The quantitative estimate of drug-likeness (QED) is 0.812. The lowest BCUT2D eigenvalue weighted by atomic mass is 10.2. The Morgan fingerprint density at radius 1 is 1.42 bits per heavy atom. The number of anilines is 1. The van der Waals surface area contributed by atoms with E-state index in [1.54, 1.807) is 19.1 Å². The first-order chi connectivity index (χ1) is 9.15. The Labute approximate surface area is 110 Å². The number of hydrogen-bond donors (Lipinski definition) is 1. The molecule has 1 aliphatic rings. The molecule has 2 N–H and O–H groups in total. The predicted octanol–water partition coefficient (Wildman–Crippen LogP) is 0.801. The van der Waals surface area contributed by atoms with Gasteiger partial charge in [-0.15, -0.1) is 0 Å². The van der Waals surface area contributed by atoms with Crippen molar-refractivity contribution in [2.24, 2.45) is 10.8 Å². The van der Waals surface area contributed by atoms with Crippen molar-refractivity contribution in [1.82, 2.24) is 0 Å². The Kier molecular flexibility index (Phi) is 3.91. The lowest BCUT2D eigenvalue weighted by molar-refractivity contribution is -0.135. The molecule has 1 aromatic rings. The lowest BCUT2D eigenvalue weighted by Crippen LogP contribution is -2.19. The SMILES string of the molecule is CCOC(=O)C1=NN(c2ccc(CN)cc2)C(=O)C1. The zero-order valence-electron chi connectivity index (χ0n) is 10.6. The third-order valence-corrected chi connectivity index (χ3v) is 2.70. The van der Waals surface area contributed by atoms with Gasteiger partial charge in [0.05, 0.1) is 18.7 Å². The van der Waals surface area contributed by atoms with Crippen LogP contribution in [0.15, 0.2) is 29.4 Å². The molecule has 0 saturated carbocycles. The van der Waals surface area contributed by atoms with E-state index in [1.165, 1.54) is 5.01 Å². The Morgan fingerprint density at radius 2 is 2.11 bits per heavy atom. The van der Waals surface area contributed by atoms with Gasteiger partial charge < -0.3 is 10.5 Å². The Balaban J connectivity index is 2.19. The second-order valence-corrected chi connectivity index (χ2v) is 4.02. The number of benzene rings is 1. The van der Waals surface area contributed by atoms with Gasteiger partial charge >= 0.3 is 5.97 Å². The van der Waals surface area contributed by atoms with Gasteiger partial charge in [-0.25, -0.2) is 4.79 Å². The van der Waals surface area contributed by atoms with E-state index in [1.807, 2.05) is 12.1 Å². The second-order valence-electron chi connectivity index (χ2n) is 4.02. The highest BCUT2D eigenvalue weighted by Gasteiger charge is 2.30. The lowest BCUT2D eigenvalue weighted by Gasteiger charge is -2.11. The van der Waals surface area contributed by atoms with E-state index in [2.05, 4.69) is 5.10 Å². The number of amides is 1. The molecule has 1 aliphatic heterocycles. The molecule has 0 fully saturated rings. The van der Waals surface area contributed by atoms with Crippen molar-refractivity contribution >= 4 is 23.3 Å². The maximum Gasteiger partial charge on any atom is 0.355 e. The summed E-state index contributed by atoms with van der Waals surface area (Å²) in [6.07, 6.45) is -0.0303. The number of esters is 1. The van der Waals surface area contributed by atoms with Gasteiger partial charge in [0.2, 0.25) is 0 Å². The number of nitrogens with zero attached hydrogens (tertiary/aromatic N) is 2. The molecule has 0 radical (unpaired) electrons. The van der Waals surface area contributed by atoms with Crippen molar-refractivity contribution in [1.29, 1.82) is 0 Å². The fourth-order valence-electron chi connectivity index (χ4n) is 1.73. The van der Waals surface area contributed by atoms with E-state index in [4.69, 9.17) is 10.5 Å². The third kappa shape index (κ3) is 2.79. The smallest absolute Gasteiger partial charge is 0.355 e. The summed E-state index contributed by atoms with van der Waals surface area (Å²) in [4.78, 5) is 23.3. The van der Waals surface area contributed by atoms with Crippen LogP contribution in [0.3, 0.4) is 0 Å². The minimum Gasteiger partial charge on any atom is -0.461 e. The average Bonchev–Trinajstić information content (AvgIpc) is 2.81. The highest BCUT2D eigenvalue weighted by atomic mass is 16.5. The number of hydrogen-bond acceptors (Lipinski definition) is 5. The summed E-state index contributed by atoms with van der Waals surface area (Å²) in [5.41, 5.74) is 7.22. The Bertz CT molecular complexity index is 522. The van der Waals surface area contributed by atoms with Gasteiger partial charge in [0.25, 0.3) is 5.91 Å². The van der Waals surface area contributed by atoms with E-state index in [9.17, 15) is 9.59 Å². The minimum absolute atomic E-state index is 0.0303. The van der Waals surface area contributed by atoms with Gasteiger partial charge in [0, 0.05) is 6.54 Å². The maximum absolute atomic E-state index is 11.8. The highest BCUT2D eigenvalue weighted by Crippen LogP contribution is 2.21. The van der Waals surface area contributed by atoms with Crippen LogP contribution in [0.25, 0.3) is 0 Å². The molecule has 1 heterocycles. The maximum atomic E-state index is 11.8. The molecular weight excluding hydrogens is 246 g/mol. The van der Waals surface area contributed by atoms with Crippen molar-refractivity contribution in [2.45, 2.75) is 19.9 Å². The van der Waals surface area contributed by atoms with Gasteiger partial charge in [-0.05, 0) is 24.6 Å². The molecule has 0 saturated heterocycles. The van der Waals surface area contributed by atoms with Gasteiger partial charge in [-0.2, -0.15) is 10.1 Å². The zero-order valence-corrected chi connectivity index (χ0v) is 10.6. The van der Waals surface area contributed by atoms with E-state index in [0.717, 1.165) is 5.56 Å². The molecule has 0 bridgehead atoms. The van der Waals surface area contributed by atoms with Crippen LogP contribution in [0, 0.1) is 0 Å². The van der Waals surface area contributed by atoms with Crippen LogP contribution in [-0.4, -0.2) is 24.2 Å². The third-order valence-electron chi connectivity index (χ3n) is 2.70. The molecule has 0 atom stereocenters. The number of carbonyl (C=O) groups is 2. The van der Waals surface area contributed by atoms with Crippen LogP contribution in [0.1, 0.15) is 18.9 Å². The predicted molar refractivity (Wildman–Crippen MR) is 70.5 cm³/mol. The van der Waals surface area contributed by atoms with Crippen LogP contribution in [0.2, 0.25) is 0 Å². The molecule has 0 unspecified atom stereocenters. The van der Waals surface area contributed by atoms with Crippen LogP contribution in [0.5, 0.6) is 0 Å². The first kappa shape index (κ1) is 13.2. The minimum atomic E-state index is -0.545. The summed E-state index contributed by atoms with van der Waals surface area (Å²) in [5.74, 6) is -0.791. The van der Waals surface area contributed by atoms with Crippen molar-refractivity contribution in [3.63, 3.8) is 0 Å². The van der Waals surface area contributed by atoms with Gasteiger partial charge in [0.15, 0.2) is 5.71 Å². The van der Waals surface area contributed by atoms with Crippen LogP contribution in [0.4, 0.5) is 5.69 Å². The van der Waals surface area contributed by atoms with Crippen LogP contribution >= 0.6 is 0 Å². The monoisotopic (exact) mass is 261 g/mol. The van der Waals surface area contributed by atoms with Crippen molar-refractivity contribution in [3.8, 4) is 0 Å². The fourth-order valence-corrected chi connectivity index (χ4v) is 1.73. The number of carbonyl (C=O) groups excluding carboxylic acids is 2. The summed E-state index contributed by atoms with van der Waals surface area (Å²) >= 11 is 0. The van der Waals surface area contributed by atoms with E-state index in [-0.39, 0.29) is 24.6 Å². The van der Waals surface area contributed by atoms with Gasteiger partial charge in [-0.3, -0.25) is 4.79 Å². The van der Waals surface area contributed by atoms with E-state index < -0.39 is 5.97 Å². The molecule has 0 aliphatic carbocycles. The van der Waals surface area contributed by atoms with Crippen molar-refractivity contribution < 1.29 is 14.3 Å². The average molecular weight is 261 g/mol. The van der Waals surface area contributed by atoms with E-state index >= 15 is 0 Å². The number of rotatable bonds is 4. The standard InChI is InChI=1S/C13H15N3O3/c1-2-19-13(18)11-7-12(17)16(15-11)10-5-3-9(8-14)4-6-10/h3-6H,2,7-8,14H2,1H3. The molecule has 19 heavy (non-hydrogen) atoms. The van der Waals surface area contributed by atoms with Crippen molar-refractivity contribution in [2.75, 3.05) is 11.6 Å². The van der Waals surface area contributed by atoms with Crippen molar-refractivity contribution in [3.05, 3.63) is 29.8 Å². The van der Waals surface area contributed by atoms with Gasteiger partial charge in [0.1, 0.15) is 0 Å². The molecule has 6 nitrogen and oxygen atoms in total. The topological polar surface area (TPSA) is 85.0 Å². The molecular formula is C13H15N3O3.